The van der Waals surface area contributed by atoms with Gasteiger partial charge in [-0.25, -0.2) is 4.68 Å². The minimum atomic E-state index is 0.767. The number of aryl methyl sites for hydroxylation is 1. The van der Waals surface area contributed by atoms with Crippen molar-refractivity contribution >= 4 is 11.8 Å². The number of methoxy groups -OCH3 is 2. The Balaban J connectivity index is 1.80. The molecule has 0 radical (unpaired) electrons. The summed E-state index contributed by atoms with van der Waals surface area (Å²) in [6, 6.07) is 5.93. The summed E-state index contributed by atoms with van der Waals surface area (Å²) in [4.78, 5) is 0. The number of tetrazole rings is 1. The maximum Gasteiger partial charge on any atom is 0.209 e. The molecule has 1 heterocycles. The molecule has 1 aromatic heterocycles. The van der Waals surface area contributed by atoms with Gasteiger partial charge in [0, 0.05) is 7.05 Å². The Labute approximate surface area is 128 Å². The highest BCUT2D eigenvalue weighted by atomic mass is 32.2. The highest BCUT2D eigenvalue weighted by Crippen LogP contribution is 2.29. The van der Waals surface area contributed by atoms with Crippen LogP contribution in [0.1, 0.15) is 5.56 Å². The molecule has 0 saturated carbocycles. The van der Waals surface area contributed by atoms with Crippen LogP contribution in [-0.4, -0.2) is 46.7 Å². The molecule has 0 unspecified atom stereocenters. The van der Waals surface area contributed by atoms with Crippen LogP contribution in [-0.2, 0) is 13.6 Å². The van der Waals surface area contributed by atoms with Crippen LogP contribution >= 0.6 is 11.8 Å². The van der Waals surface area contributed by atoms with Crippen molar-refractivity contribution < 1.29 is 14.8 Å². The summed E-state index contributed by atoms with van der Waals surface area (Å²) in [5, 5.41) is 14.4. The molecule has 0 aliphatic rings. The van der Waals surface area contributed by atoms with Crippen molar-refractivity contribution in [1.82, 2.24) is 20.2 Å². The smallest absolute Gasteiger partial charge is 0.209 e. The molecule has 0 spiro atoms. The Hall–Kier alpha value is -1.80. The maximum absolute atomic E-state index is 5.42. The zero-order chi connectivity index (χ0) is 15.1. The second-order valence-corrected chi connectivity index (χ2v) is 5.43. The minimum absolute atomic E-state index is 0.767. The van der Waals surface area contributed by atoms with Crippen LogP contribution in [0.25, 0.3) is 0 Å². The largest absolute Gasteiger partial charge is 0.493 e. The normalized spacial score (nSPS) is 10.6. The number of ether oxygens (including phenoxy) is 2. The van der Waals surface area contributed by atoms with Gasteiger partial charge in [0.1, 0.15) is 6.54 Å². The number of thioether (sulfide) groups is 1. The average Bonchev–Trinajstić information content (AvgIpc) is 2.91. The van der Waals surface area contributed by atoms with E-state index >= 15 is 0 Å². The molecule has 0 amide bonds. The fourth-order valence-electron chi connectivity index (χ4n) is 1.95. The summed E-state index contributed by atoms with van der Waals surface area (Å²) >= 11 is 1.65. The summed E-state index contributed by atoms with van der Waals surface area (Å²) in [5.41, 5.74) is 1.13. The molecule has 0 aliphatic carbocycles. The third-order valence-corrected chi connectivity index (χ3v) is 4.03. The Morgan fingerprint density at radius 1 is 1.29 bits per heavy atom. The summed E-state index contributed by atoms with van der Waals surface area (Å²) in [5.74, 6) is 2.52. The monoisotopic (exact) mass is 310 g/mol. The summed E-state index contributed by atoms with van der Waals surface area (Å²) in [6.07, 6.45) is 0. The number of hydrogen-bond acceptors (Lipinski definition) is 6. The molecule has 2 rings (SSSR count). The summed E-state index contributed by atoms with van der Waals surface area (Å²) in [6.45, 7) is 1.82. The van der Waals surface area contributed by atoms with Gasteiger partial charge in [-0.1, -0.05) is 17.8 Å². The summed E-state index contributed by atoms with van der Waals surface area (Å²) in [7, 11) is 5.16. The first kappa shape index (κ1) is 15.6. The second kappa shape index (κ2) is 7.84. The van der Waals surface area contributed by atoms with E-state index in [1.165, 1.54) is 0 Å². The van der Waals surface area contributed by atoms with Crippen molar-refractivity contribution in [3.63, 3.8) is 0 Å². The van der Waals surface area contributed by atoms with Gasteiger partial charge in [-0.3, -0.25) is 0 Å². The van der Waals surface area contributed by atoms with Gasteiger partial charge in [0.15, 0.2) is 11.5 Å². The third kappa shape index (κ3) is 4.08. The Kier molecular flexibility index (Phi) is 5.82. The number of rotatable bonds is 8. The number of nitrogens with zero attached hydrogens (tertiary/aromatic N) is 4. The lowest BCUT2D eigenvalue weighted by atomic mass is 10.2. The molecule has 1 aromatic carbocycles. The molecule has 114 valence electrons. The molecule has 0 aliphatic heterocycles. The van der Waals surface area contributed by atoms with E-state index in [0.717, 1.165) is 41.1 Å². The molecular formula is C13H20N5O2S+. The van der Waals surface area contributed by atoms with Gasteiger partial charge in [-0.05, 0) is 22.6 Å². The molecule has 2 aromatic rings. The van der Waals surface area contributed by atoms with E-state index in [9.17, 15) is 0 Å². The molecule has 2 N–H and O–H groups in total. The molecule has 7 nitrogen and oxygen atoms in total. The number of quaternary nitrogens is 1. The summed E-state index contributed by atoms with van der Waals surface area (Å²) < 4.78 is 12.4. The predicted octanol–water partition coefficient (Wildman–Crippen LogP) is 0.0830. The van der Waals surface area contributed by atoms with Crippen LogP contribution in [0.3, 0.4) is 0 Å². The Morgan fingerprint density at radius 3 is 2.81 bits per heavy atom. The lowest BCUT2D eigenvalue weighted by molar-refractivity contribution is -0.666. The number of hydrogen-bond donors (Lipinski definition) is 1. The quantitative estimate of drug-likeness (QED) is 0.550. The van der Waals surface area contributed by atoms with E-state index < -0.39 is 0 Å². The van der Waals surface area contributed by atoms with E-state index in [0.29, 0.717) is 0 Å². The topological polar surface area (TPSA) is 78.7 Å². The molecular weight excluding hydrogens is 290 g/mol. The molecule has 0 saturated heterocycles. The molecule has 0 bridgehead atoms. The van der Waals surface area contributed by atoms with Crippen molar-refractivity contribution in [3.8, 4) is 11.5 Å². The number of para-hydroxylation sites is 1. The zero-order valence-corrected chi connectivity index (χ0v) is 13.3. The van der Waals surface area contributed by atoms with Gasteiger partial charge in [0.05, 0.1) is 32.1 Å². The van der Waals surface area contributed by atoms with E-state index in [4.69, 9.17) is 9.47 Å². The highest BCUT2D eigenvalue weighted by Gasteiger charge is 2.10. The van der Waals surface area contributed by atoms with Crippen LogP contribution in [0.2, 0.25) is 0 Å². The first-order chi connectivity index (χ1) is 10.3. The second-order valence-electron chi connectivity index (χ2n) is 4.37. The Morgan fingerprint density at radius 2 is 2.14 bits per heavy atom. The molecule has 8 heteroatoms. The van der Waals surface area contributed by atoms with Crippen LogP contribution in [0.5, 0.6) is 11.5 Å². The lowest BCUT2D eigenvalue weighted by Gasteiger charge is -2.11. The van der Waals surface area contributed by atoms with Gasteiger partial charge in [-0.2, -0.15) is 0 Å². The predicted molar refractivity (Wildman–Crippen MR) is 79.6 cm³/mol. The van der Waals surface area contributed by atoms with E-state index in [2.05, 4.69) is 26.9 Å². The minimum Gasteiger partial charge on any atom is -0.493 e. The average molecular weight is 310 g/mol. The van der Waals surface area contributed by atoms with E-state index in [-0.39, 0.29) is 0 Å². The van der Waals surface area contributed by atoms with Crippen molar-refractivity contribution in [2.75, 3.05) is 26.5 Å². The van der Waals surface area contributed by atoms with E-state index in [1.807, 2.05) is 19.2 Å². The van der Waals surface area contributed by atoms with Crippen LogP contribution in [0.4, 0.5) is 0 Å². The van der Waals surface area contributed by atoms with Crippen molar-refractivity contribution in [2.45, 2.75) is 11.7 Å². The Bertz CT molecular complexity index is 575. The SMILES string of the molecule is COc1cccc(C[NH2+]CCSc2nnnn2C)c1OC. The molecule has 0 atom stereocenters. The van der Waals surface area contributed by atoms with Gasteiger partial charge in [0.25, 0.3) is 0 Å². The van der Waals surface area contributed by atoms with Crippen LogP contribution in [0.15, 0.2) is 23.4 Å². The standard InChI is InChI=1S/C13H19N5O2S/c1-18-13(15-16-17-18)21-8-7-14-9-10-5-4-6-11(19-2)12(10)20-3/h4-6,14H,7-9H2,1-3H3/p+1. The third-order valence-electron chi connectivity index (χ3n) is 2.98. The zero-order valence-electron chi connectivity index (χ0n) is 12.4. The number of benzene rings is 1. The van der Waals surface area contributed by atoms with Gasteiger partial charge >= 0.3 is 0 Å². The van der Waals surface area contributed by atoms with Gasteiger partial charge < -0.3 is 14.8 Å². The van der Waals surface area contributed by atoms with Crippen LogP contribution < -0.4 is 14.8 Å². The molecule has 21 heavy (non-hydrogen) atoms. The first-order valence-corrected chi connectivity index (χ1v) is 7.61. The van der Waals surface area contributed by atoms with Crippen molar-refractivity contribution in [2.24, 2.45) is 7.05 Å². The lowest BCUT2D eigenvalue weighted by Crippen LogP contribution is -2.83. The fraction of sp³-hybridized carbons (Fsp3) is 0.462. The number of nitrogens with two attached hydrogens (primary N) is 1. The molecule has 0 fully saturated rings. The first-order valence-electron chi connectivity index (χ1n) is 6.63. The van der Waals surface area contributed by atoms with Gasteiger partial charge in [0.2, 0.25) is 5.16 Å². The highest BCUT2D eigenvalue weighted by molar-refractivity contribution is 7.99. The fourth-order valence-corrected chi connectivity index (χ4v) is 2.73. The van der Waals surface area contributed by atoms with Gasteiger partial charge in [-0.15, -0.1) is 5.10 Å². The maximum atomic E-state index is 5.42. The van der Waals surface area contributed by atoms with Crippen molar-refractivity contribution in [1.29, 1.82) is 0 Å². The van der Waals surface area contributed by atoms with Crippen molar-refractivity contribution in [3.05, 3.63) is 23.8 Å². The van der Waals surface area contributed by atoms with E-state index in [1.54, 1.807) is 30.7 Å². The van der Waals surface area contributed by atoms with Crippen LogP contribution in [0, 0.1) is 0 Å². The number of aromatic nitrogens is 4.